The van der Waals surface area contributed by atoms with Crippen LogP contribution in [0.3, 0.4) is 0 Å². The average molecular weight is 208 g/mol. The molecule has 0 spiro atoms. The van der Waals surface area contributed by atoms with Crippen molar-refractivity contribution in [3.8, 4) is 0 Å². The summed E-state index contributed by atoms with van der Waals surface area (Å²) in [5.74, 6) is 0.545. The molecule has 1 aromatic rings. The van der Waals surface area contributed by atoms with Gasteiger partial charge in [-0.2, -0.15) is 0 Å². The Balaban J connectivity index is 2.41. The Kier molecular flexibility index (Phi) is 5.12. The predicted molar refractivity (Wildman–Crippen MR) is 62.9 cm³/mol. The van der Waals surface area contributed by atoms with Crippen LogP contribution in [0.25, 0.3) is 0 Å². The fraction of sp³-hybridized carbons (Fsp3) is 0.583. The second kappa shape index (κ2) is 6.40. The number of rotatable bonds is 6. The molecule has 15 heavy (non-hydrogen) atoms. The molecule has 0 saturated carbocycles. The molecule has 0 saturated heterocycles. The summed E-state index contributed by atoms with van der Waals surface area (Å²) in [6.45, 7) is 5.33. The highest BCUT2D eigenvalue weighted by atomic mass is 16.3. The van der Waals surface area contributed by atoms with Crippen LogP contribution in [0, 0.1) is 12.8 Å². The molecule has 1 rings (SSSR count). The Morgan fingerprint density at radius 3 is 2.93 bits per heavy atom. The van der Waals surface area contributed by atoms with Crippen LogP contribution >= 0.6 is 0 Å². The topological polar surface area (TPSA) is 45.1 Å². The molecule has 0 amide bonds. The van der Waals surface area contributed by atoms with E-state index < -0.39 is 0 Å². The lowest BCUT2D eigenvalue weighted by Crippen LogP contribution is -2.15. The maximum absolute atomic E-state index is 8.87. The summed E-state index contributed by atoms with van der Waals surface area (Å²) >= 11 is 0. The Bertz CT molecular complexity index is 289. The largest absolute Gasteiger partial charge is 0.396 e. The van der Waals surface area contributed by atoms with Crippen molar-refractivity contribution in [1.29, 1.82) is 0 Å². The van der Waals surface area contributed by atoms with Gasteiger partial charge in [0.1, 0.15) is 0 Å². The molecule has 1 atom stereocenters. The van der Waals surface area contributed by atoms with Gasteiger partial charge in [0, 0.05) is 30.7 Å². The minimum absolute atomic E-state index is 0.273. The van der Waals surface area contributed by atoms with Gasteiger partial charge < -0.3 is 10.4 Å². The first-order valence-electron chi connectivity index (χ1n) is 5.53. The van der Waals surface area contributed by atoms with Crippen LogP contribution in [0.2, 0.25) is 0 Å². The highest BCUT2D eigenvalue weighted by Crippen LogP contribution is 2.11. The van der Waals surface area contributed by atoms with Crippen LogP contribution in [-0.4, -0.2) is 23.2 Å². The van der Waals surface area contributed by atoms with E-state index in [4.69, 9.17) is 5.11 Å². The predicted octanol–water partition coefficient (Wildman–Crippen LogP) is 2.21. The van der Waals surface area contributed by atoms with Crippen LogP contribution in [0.5, 0.6) is 0 Å². The van der Waals surface area contributed by atoms with Gasteiger partial charge >= 0.3 is 0 Å². The average Bonchev–Trinajstić information content (AvgIpc) is 2.24. The van der Waals surface area contributed by atoms with Gasteiger partial charge in [0.05, 0.1) is 0 Å². The maximum atomic E-state index is 8.87. The van der Waals surface area contributed by atoms with E-state index in [0.29, 0.717) is 5.92 Å². The molecular weight excluding hydrogens is 188 g/mol. The van der Waals surface area contributed by atoms with E-state index in [1.54, 1.807) is 0 Å². The van der Waals surface area contributed by atoms with Crippen molar-refractivity contribution in [2.45, 2.75) is 26.7 Å². The van der Waals surface area contributed by atoms with E-state index in [0.717, 1.165) is 30.8 Å². The summed E-state index contributed by atoms with van der Waals surface area (Å²) in [5, 5.41) is 12.2. The third kappa shape index (κ3) is 4.30. The van der Waals surface area contributed by atoms with Crippen molar-refractivity contribution in [3.05, 3.63) is 24.0 Å². The van der Waals surface area contributed by atoms with Crippen molar-refractivity contribution in [3.63, 3.8) is 0 Å². The van der Waals surface area contributed by atoms with Gasteiger partial charge in [0.25, 0.3) is 0 Å². The van der Waals surface area contributed by atoms with Crippen LogP contribution in [0.1, 0.15) is 25.5 Å². The monoisotopic (exact) mass is 208 g/mol. The number of aryl methyl sites for hydroxylation is 1. The number of nitrogens with zero attached hydrogens (tertiary/aromatic N) is 1. The molecule has 1 aromatic heterocycles. The van der Waals surface area contributed by atoms with Gasteiger partial charge in [-0.1, -0.05) is 13.3 Å². The second-order valence-electron chi connectivity index (χ2n) is 3.85. The first-order valence-corrected chi connectivity index (χ1v) is 5.53. The van der Waals surface area contributed by atoms with Crippen LogP contribution in [-0.2, 0) is 0 Å². The Hall–Kier alpha value is -1.09. The standard InChI is InChI=1S/C12H20N2O/c1-3-11(5-7-15)9-14-12-4-6-13-10(2)8-12/h4,6,8,11,15H,3,5,7,9H2,1-2H3,(H,13,14). The molecule has 3 nitrogen and oxygen atoms in total. The fourth-order valence-electron chi connectivity index (χ4n) is 1.55. The summed E-state index contributed by atoms with van der Waals surface area (Å²) in [7, 11) is 0. The quantitative estimate of drug-likeness (QED) is 0.753. The van der Waals surface area contributed by atoms with Gasteiger partial charge in [0.2, 0.25) is 0 Å². The van der Waals surface area contributed by atoms with Crippen LogP contribution in [0.15, 0.2) is 18.3 Å². The molecule has 0 aliphatic rings. The number of aromatic nitrogens is 1. The molecule has 0 fully saturated rings. The minimum Gasteiger partial charge on any atom is -0.396 e. The number of aliphatic hydroxyl groups is 1. The third-order valence-electron chi connectivity index (χ3n) is 2.61. The molecule has 0 radical (unpaired) electrons. The van der Waals surface area contributed by atoms with Crippen molar-refractivity contribution < 1.29 is 5.11 Å². The molecule has 0 aliphatic heterocycles. The number of hydrogen-bond acceptors (Lipinski definition) is 3. The molecule has 0 bridgehead atoms. The van der Waals surface area contributed by atoms with E-state index in [1.807, 2.05) is 25.3 Å². The molecule has 3 heteroatoms. The Labute approximate surface area is 91.5 Å². The van der Waals surface area contributed by atoms with E-state index >= 15 is 0 Å². The Morgan fingerprint density at radius 1 is 1.53 bits per heavy atom. The van der Waals surface area contributed by atoms with Gasteiger partial charge in [-0.05, 0) is 31.4 Å². The SMILES string of the molecule is CCC(CCO)CNc1ccnc(C)c1. The number of pyridine rings is 1. The van der Waals surface area contributed by atoms with E-state index in [1.165, 1.54) is 0 Å². The third-order valence-corrected chi connectivity index (χ3v) is 2.61. The van der Waals surface area contributed by atoms with Crippen molar-refractivity contribution in [1.82, 2.24) is 4.98 Å². The van der Waals surface area contributed by atoms with Gasteiger partial charge in [-0.15, -0.1) is 0 Å². The fourth-order valence-corrected chi connectivity index (χ4v) is 1.55. The number of anilines is 1. The highest BCUT2D eigenvalue weighted by molar-refractivity contribution is 5.42. The van der Waals surface area contributed by atoms with E-state index in [-0.39, 0.29) is 6.61 Å². The van der Waals surface area contributed by atoms with Crippen molar-refractivity contribution >= 4 is 5.69 Å². The summed E-state index contributed by atoms with van der Waals surface area (Å²) in [6, 6.07) is 4.00. The zero-order valence-electron chi connectivity index (χ0n) is 9.53. The lowest BCUT2D eigenvalue weighted by atomic mass is 10.0. The van der Waals surface area contributed by atoms with Gasteiger partial charge in [-0.3, -0.25) is 4.98 Å². The number of aliphatic hydroxyl groups excluding tert-OH is 1. The second-order valence-corrected chi connectivity index (χ2v) is 3.85. The molecule has 0 aromatic carbocycles. The van der Waals surface area contributed by atoms with Crippen LogP contribution in [0.4, 0.5) is 5.69 Å². The molecule has 1 heterocycles. The van der Waals surface area contributed by atoms with Crippen molar-refractivity contribution in [2.75, 3.05) is 18.5 Å². The highest BCUT2D eigenvalue weighted by Gasteiger charge is 2.04. The molecule has 1 unspecified atom stereocenters. The zero-order valence-corrected chi connectivity index (χ0v) is 9.53. The lowest BCUT2D eigenvalue weighted by molar-refractivity contribution is 0.258. The minimum atomic E-state index is 0.273. The lowest BCUT2D eigenvalue weighted by Gasteiger charge is -2.15. The number of nitrogens with one attached hydrogen (secondary N) is 1. The zero-order chi connectivity index (χ0) is 11.1. The Morgan fingerprint density at radius 2 is 2.33 bits per heavy atom. The van der Waals surface area contributed by atoms with E-state index in [9.17, 15) is 0 Å². The normalized spacial score (nSPS) is 12.5. The first-order chi connectivity index (χ1) is 7.26. The first kappa shape index (κ1) is 12.0. The van der Waals surface area contributed by atoms with Gasteiger partial charge in [-0.25, -0.2) is 0 Å². The van der Waals surface area contributed by atoms with Crippen molar-refractivity contribution in [2.24, 2.45) is 5.92 Å². The molecule has 84 valence electrons. The molecular formula is C12H20N2O. The smallest absolute Gasteiger partial charge is 0.0434 e. The molecule has 2 N–H and O–H groups in total. The summed E-state index contributed by atoms with van der Waals surface area (Å²) in [5.41, 5.74) is 2.13. The van der Waals surface area contributed by atoms with Gasteiger partial charge in [0.15, 0.2) is 0 Å². The molecule has 0 aliphatic carbocycles. The summed E-state index contributed by atoms with van der Waals surface area (Å²) in [6.07, 6.45) is 3.77. The summed E-state index contributed by atoms with van der Waals surface area (Å²) < 4.78 is 0. The number of hydrogen-bond donors (Lipinski definition) is 2. The van der Waals surface area contributed by atoms with Crippen LogP contribution < -0.4 is 5.32 Å². The summed E-state index contributed by atoms with van der Waals surface area (Å²) in [4.78, 5) is 4.14. The maximum Gasteiger partial charge on any atom is 0.0434 e. The van der Waals surface area contributed by atoms with E-state index in [2.05, 4.69) is 17.2 Å².